The Morgan fingerprint density at radius 2 is 1.88 bits per heavy atom. The molecule has 7 nitrogen and oxygen atoms in total. The van der Waals surface area contributed by atoms with Gasteiger partial charge in [0.1, 0.15) is 17.6 Å². The van der Waals surface area contributed by atoms with E-state index >= 15 is 0 Å². The highest BCUT2D eigenvalue weighted by atomic mass is 32.2. The lowest BCUT2D eigenvalue weighted by Crippen LogP contribution is -2.39. The second-order valence-electron chi connectivity index (χ2n) is 7.12. The number of anilines is 2. The first-order valence-electron chi connectivity index (χ1n) is 9.84. The van der Waals surface area contributed by atoms with Crippen molar-refractivity contribution in [2.24, 2.45) is 10.8 Å². The lowest BCUT2D eigenvalue weighted by atomic mass is 10.1. The normalized spacial score (nSPS) is 15.3. The van der Waals surface area contributed by atoms with Gasteiger partial charge in [0.2, 0.25) is 5.91 Å². The van der Waals surface area contributed by atoms with E-state index in [0.29, 0.717) is 11.4 Å². The van der Waals surface area contributed by atoms with E-state index < -0.39 is 23.7 Å². The third-order valence-electron chi connectivity index (χ3n) is 4.83. The summed E-state index contributed by atoms with van der Waals surface area (Å²) in [5, 5.41) is 8.43. The second-order valence-corrected chi connectivity index (χ2v) is 8.17. The van der Waals surface area contributed by atoms with E-state index in [1.165, 1.54) is 29.3 Å². The fourth-order valence-corrected chi connectivity index (χ4v) is 4.02. The number of hydrogen-bond donors (Lipinski definition) is 2. The zero-order valence-corrected chi connectivity index (χ0v) is 17.8. The molecule has 0 aliphatic carbocycles. The van der Waals surface area contributed by atoms with Gasteiger partial charge in [-0.25, -0.2) is 4.39 Å². The second kappa shape index (κ2) is 9.61. The van der Waals surface area contributed by atoms with Crippen LogP contribution in [-0.4, -0.2) is 28.6 Å². The van der Waals surface area contributed by atoms with Crippen molar-refractivity contribution < 1.29 is 14.0 Å². The van der Waals surface area contributed by atoms with E-state index in [4.69, 9.17) is 5.73 Å². The summed E-state index contributed by atoms with van der Waals surface area (Å²) in [5.74, 6) is -0.649. The highest BCUT2D eigenvalue weighted by Crippen LogP contribution is 2.26. The number of hydrazone groups is 1. The van der Waals surface area contributed by atoms with Crippen molar-refractivity contribution in [2.75, 3.05) is 10.3 Å². The predicted octanol–water partition coefficient (Wildman–Crippen LogP) is 3.57. The fraction of sp³-hybridized carbons (Fsp3) is 0.130. The molecular weight excluding hydrogens is 429 g/mol. The van der Waals surface area contributed by atoms with E-state index in [9.17, 15) is 14.0 Å². The minimum Gasteiger partial charge on any atom is -0.368 e. The number of pyridine rings is 1. The maximum Gasteiger partial charge on any atom is 0.271 e. The maximum atomic E-state index is 13.2. The third kappa shape index (κ3) is 5.12. The Hall–Kier alpha value is -3.72. The van der Waals surface area contributed by atoms with Crippen LogP contribution in [0.3, 0.4) is 0 Å². The van der Waals surface area contributed by atoms with Gasteiger partial charge in [0.05, 0.1) is 5.69 Å². The number of nitrogens with one attached hydrogen (secondary N) is 1. The van der Waals surface area contributed by atoms with E-state index in [1.54, 1.807) is 18.0 Å². The smallest absolute Gasteiger partial charge is 0.271 e. The number of halogens is 1. The van der Waals surface area contributed by atoms with Crippen molar-refractivity contribution in [1.82, 2.24) is 4.98 Å². The van der Waals surface area contributed by atoms with Gasteiger partial charge in [0, 0.05) is 35.2 Å². The van der Waals surface area contributed by atoms with Gasteiger partial charge in [-0.05, 0) is 60.2 Å². The van der Waals surface area contributed by atoms with Crippen molar-refractivity contribution >= 4 is 40.7 Å². The highest BCUT2D eigenvalue weighted by Gasteiger charge is 2.35. The van der Waals surface area contributed by atoms with E-state index in [0.717, 1.165) is 16.2 Å². The summed E-state index contributed by atoms with van der Waals surface area (Å²) < 4.78 is 13.2. The molecule has 1 aliphatic heterocycles. The number of carbonyl (C=O) groups excluding carboxylic acids is 2. The highest BCUT2D eigenvalue weighted by molar-refractivity contribution is 7.98. The Bertz CT molecular complexity index is 1140. The van der Waals surface area contributed by atoms with Gasteiger partial charge in [-0.1, -0.05) is 6.07 Å². The average molecular weight is 450 g/mol. The molecule has 2 amide bonds. The number of amides is 2. The molecule has 32 heavy (non-hydrogen) atoms. The first-order valence-corrected chi connectivity index (χ1v) is 10.8. The zero-order valence-electron chi connectivity index (χ0n) is 16.9. The first kappa shape index (κ1) is 21.5. The van der Waals surface area contributed by atoms with E-state index in [1.807, 2.05) is 42.6 Å². The lowest BCUT2D eigenvalue weighted by molar-refractivity contribution is -0.119. The molecule has 0 radical (unpaired) electrons. The summed E-state index contributed by atoms with van der Waals surface area (Å²) >= 11 is 1.67. The molecule has 2 aromatic carbocycles. The molecule has 3 N–H and O–H groups in total. The van der Waals surface area contributed by atoms with E-state index in [-0.39, 0.29) is 12.1 Å². The van der Waals surface area contributed by atoms with Crippen LogP contribution in [0.5, 0.6) is 0 Å². The van der Waals surface area contributed by atoms with Crippen LogP contribution in [-0.2, 0) is 15.3 Å². The molecule has 9 heteroatoms. The quantitative estimate of drug-likeness (QED) is 0.537. The van der Waals surface area contributed by atoms with Crippen LogP contribution in [0.25, 0.3) is 0 Å². The topological polar surface area (TPSA) is 101 Å². The summed E-state index contributed by atoms with van der Waals surface area (Å²) in [6.07, 6.45) is 3.64. The molecule has 0 spiro atoms. The first-order chi connectivity index (χ1) is 15.5. The number of rotatable bonds is 7. The molecule has 1 unspecified atom stereocenters. The van der Waals surface area contributed by atoms with E-state index in [2.05, 4.69) is 15.4 Å². The molecule has 162 valence electrons. The van der Waals surface area contributed by atoms with Crippen molar-refractivity contribution in [3.63, 3.8) is 0 Å². The minimum atomic E-state index is -0.813. The van der Waals surface area contributed by atoms with Gasteiger partial charge in [-0.3, -0.25) is 19.6 Å². The summed E-state index contributed by atoms with van der Waals surface area (Å²) in [6.45, 7) is 0. The molecule has 2 heterocycles. The number of carbonyl (C=O) groups is 2. The maximum absolute atomic E-state index is 13.2. The SMILES string of the molecule is NC(=O)C1CC(C(=O)Nc2ccc(SCc3cccnc3)cc2)=NN1c1ccc(F)cc1. The number of nitrogens with zero attached hydrogens (tertiary/aromatic N) is 3. The Labute approximate surface area is 188 Å². The van der Waals surface area contributed by atoms with Crippen LogP contribution in [0.2, 0.25) is 0 Å². The van der Waals surface area contributed by atoms with Gasteiger partial charge >= 0.3 is 0 Å². The summed E-state index contributed by atoms with van der Waals surface area (Å²) in [4.78, 5) is 29.8. The minimum absolute atomic E-state index is 0.0671. The van der Waals surface area contributed by atoms with Crippen LogP contribution in [0.4, 0.5) is 15.8 Å². The van der Waals surface area contributed by atoms with Crippen molar-refractivity contribution in [2.45, 2.75) is 23.1 Å². The van der Waals surface area contributed by atoms with Crippen molar-refractivity contribution in [3.05, 3.63) is 84.4 Å². The van der Waals surface area contributed by atoms with Crippen LogP contribution >= 0.6 is 11.8 Å². The molecule has 1 aliphatic rings. The van der Waals surface area contributed by atoms with Gasteiger partial charge in [-0.2, -0.15) is 5.10 Å². The Kier molecular flexibility index (Phi) is 6.46. The largest absolute Gasteiger partial charge is 0.368 e. The molecule has 0 fully saturated rings. The summed E-state index contributed by atoms with van der Waals surface area (Å²) in [7, 11) is 0. The van der Waals surface area contributed by atoms with Crippen molar-refractivity contribution in [3.8, 4) is 0 Å². The molecule has 0 saturated heterocycles. The summed E-state index contributed by atoms with van der Waals surface area (Å²) in [5.41, 5.74) is 7.88. The van der Waals surface area contributed by atoms with Gasteiger partial charge in [0.25, 0.3) is 5.91 Å². The average Bonchev–Trinajstić information content (AvgIpc) is 3.26. The van der Waals surface area contributed by atoms with Gasteiger partial charge in [0.15, 0.2) is 0 Å². The Morgan fingerprint density at radius 3 is 2.53 bits per heavy atom. The molecule has 0 bridgehead atoms. The Morgan fingerprint density at radius 1 is 1.12 bits per heavy atom. The van der Waals surface area contributed by atoms with Gasteiger partial charge in [-0.15, -0.1) is 11.8 Å². The molecule has 4 rings (SSSR count). The van der Waals surface area contributed by atoms with Crippen LogP contribution < -0.4 is 16.1 Å². The van der Waals surface area contributed by atoms with Crippen LogP contribution in [0.1, 0.15) is 12.0 Å². The third-order valence-corrected chi connectivity index (χ3v) is 5.92. The van der Waals surface area contributed by atoms with Gasteiger partial charge < -0.3 is 11.1 Å². The number of aromatic nitrogens is 1. The fourth-order valence-electron chi connectivity index (χ4n) is 3.19. The number of benzene rings is 2. The Balaban J connectivity index is 1.41. The molecule has 1 atom stereocenters. The monoisotopic (exact) mass is 449 g/mol. The number of nitrogens with two attached hydrogens (primary N) is 1. The van der Waals surface area contributed by atoms with Crippen LogP contribution in [0, 0.1) is 5.82 Å². The number of primary amides is 1. The number of thioether (sulfide) groups is 1. The molecule has 3 aromatic rings. The number of hydrogen-bond acceptors (Lipinski definition) is 6. The van der Waals surface area contributed by atoms with Crippen molar-refractivity contribution in [1.29, 1.82) is 0 Å². The predicted molar refractivity (Wildman–Crippen MR) is 123 cm³/mol. The molecular formula is C23H20FN5O2S. The molecule has 0 saturated carbocycles. The zero-order chi connectivity index (χ0) is 22.5. The molecule has 1 aromatic heterocycles. The summed E-state index contributed by atoms with van der Waals surface area (Å²) in [6, 6.07) is 16.1. The van der Waals surface area contributed by atoms with Crippen LogP contribution in [0.15, 0.2) is 83.1 Å². The standard InChI is InChI=1S/C23H20FN5O2S/c24-16-3-7-18(8-4-16)29-21(22(25)30)12-20(28-29)23(31)27-17-5-9-19(10-6-17)32-14-15-2-1-11-26-13-15/h1-11,13,21H,12,14H2,(H2,25,30)(H,27,31). The lowest BCUT2D eigenvalue weighted by Gasteiger charge is -2.20.